The molecule has 0 aliphatic rings. The number of hydrogen-bond acceptors (Lipinski definition) is 3. The Bertz CT molecular complexity index is 247. The van der Waals surface area contributed by atoms with Gasteiger partial charge >= 0.3 is 12.1 Å². The van der Waals surface area contributed by atoms with E-state index in [9.17, 15) is 22.8 Å². The monoisotopic (exact) mass is 196 g/mol. The van der Waals surface area contributed by atoms with Gasteiger partial charge in [0.2, 0.25) is 0 Å². The van der Waals surface area contributed by atoms with Crippen LogP contribution < -0.4 is 5.73 Å². The molecular weight excluding hydrogens is 189 g/mol. The summed E-state index contributed by atoms with van der Waals surface area (Å²) in [5.74, 6) is -2.14. The van der Waals surface area contributed by atoms with Crippen molar-refractivity contribution in [3.05, 3.63) is 11.9 Å². The van der Waals surface area contributed by atoms with E-state index in [1.54, 1.807) is 0 Å². The van der Waals surface area contributed by atoms with Crippen molar-refractivity contribution in [1.29, 1.82) is 0 Å². The summed E-state index contributed by atoms with van der Waals surface area (Å²) < 4.78 is 35.3. The maximum absolute atomic E-state index is 11.8. The predicted octanol–water partition coefficient (Wildman–Crippen LogP) is 0.00610. The number of carbonyl (C=O) groups is 2. The van der Waals surface area contributed by atoms with Gasteiger partial charge in [-0.05, 0) is 0 Å². The SMILES string of the molecule is CN(C(=O)C(F)(F)F)/C(C=O)=C/N. The summed E-state index contributed by atoms with van der Waals surface area (Å²) in [7, 11) is 0.808. The Morgan fingerprint density at radius 1 is 1.46 bits per heavy atom. The minimum absolute atomic E-state index is 0.0592. The van der Waals surface area contributed by atoms with Gasteiger partial charge in [-0.15, -0.1) is 0 Å². The van der Waals surface area contributed by atoms with E-state index < -0.39 is 17.8 Å². The van der Waals surface area contributed by atoms with Gasteiger partial charge in [0.05, 0.1) is 5.70 Å². The average Bonchev–Trinajstić information content (AvgIpc) is 2.03. The molecule has 0 radical (unpaired) electrons. The Morgan fingerprint density at radius 2 is 1.92 bits per heavy atom. The minimum Gasteiger partial charge on any atom is -0.403 e. The molecule has 7 heteroatoms. The Balaban J connectivity index is 4.71. The summed E-state index contributed by atoms with van der Waals surface area (Å²) in [5.41, 5.74) is 4.27. The van der Waals surface area contributed by atoms with Gasteiger partial charge in [-0.1, -0.05) is 0 Å². The third kappa shape index (κ3) is 2.77. The number of hydrogen-bond donors (Lipinski definition) is 1. The molecule has 0 saturated heterocycles. The maximum atomic E-state index is 11.8. The summed E-state index contributed by atoms with van der Waals surface area (Å²) in [6.07, 6.45) is -4.33. The molecular formula is C6H7F3N2O2. The number of nitrogens with two attached hydrogens (primary N) is 1. The van der Waals surface area contributed by atoms with Crippen molar-refractivity contribution < 1.29 is 22.8 Å². The highest BCUT2D eigenvalue weighted by atomic mass is 19.4. The first-order valence-electron chi connectivity index (χ1n) is 3.06. The van der Waals surface area contributed by atoms with Crippen LogP contribution in [-0.2, 0) is 9.59 Å². The van der Waals surface area contributed by atoms with Crippen molar-refractivity contribution in [2.75, 3.05) is 7.05 Å². The Labute approximate surface area is 71.8 Å². The van der Waals surface area contributed by atoms with Crippen molar-refractivity contribution >= 4 is 12.2 Å². The first kappa shape index (κ1) is 11.5. The highest BCUT2D eigenvalue weighted by Crippen LogP contribution is 2.18. The number of rotatable bonds is 2. The fourth-order valence-electron chi connectivity index (χ4n) is 0.538. The van der Waals surface area contributed by atoms with Gasteiger partial charge in [0, 0.05) is 13.2 Å². The van der Waals surface area contributed by atoms with Gasteiger partial charge in [-0.3, -0.25) is 9.59 Å². The summed E-state index contributed by atoms with van der Waals surface area (Å²) in [6, 6.07) is 0. The molecule has 0 spiro atoms. The van der Waals surface area contributed by atoms with E-state index in [0.717, 1.165) is 7.05 Å². The van der Waals surface area contributed by atoms with E-state index in [2.05, 4.69) is 0 Å². The van der Waals surface area contributed by atoms with E-state index in [0.29, 0.717) is 6.20 Å². The van der Waals surface area contributed by atoms with Gasteiger partial charge < -0.3 is 10.6 Å². The van der Waals surface area contributed by atoms with E-state index in [1.807, 2.05) is 0 Å². The Morgan fingerprint density at radius 3 is 2.15 bits per heavy atom. The highest BCUT2D eigenvalue weighted by molar-refractivity contribution is 5.88. The van der Waals surface area contributed by atoms with Crippen LogP contribution in [-0.4, -0.2) is 30.3 Å². The number of alkyl halides is 3. The second kappa shape index (κ2) is 3.92. The molecule has 13 heavy (non-hydrogen) atoms. The van der Waals surface area contributed by atoms with Crippen molar-refractivity contribution in [3.63, 3.8) is 0 Å². The van der Waals surface area contributed by atoms with Crippen LogP contribution in [0.25, 0.3) is 0 Å². The van der Waals surface area contributed by atoms with Gasteiger partial charge in [-0.2, -0.15) is 13.2 Å². The largest absolute Gasteiger partial charge is 0.471 e. The molecule has 1 amide bonds. The molecule has 0 aliphatic carbocycles. The standard InChI is InChI=1S/C6H7F3N2O2/c1-11(4(2-10)3-12)5(13)6(7,8)9/h2-3H,10H2,1H3/b4-2+. The molecule has 0 aromatic heterocycles. The first-order valence-corrected chi connectivity index (χ1v) is 3.06. The third-order valence-corrected chi connectivity index (χ3v) is 1.23. The molecule has 0 atom stereocenters. The van der Waals surface area contributed by atoms with Crippen molar-refractivity contribution in [2.45, 2.75) is 6.18 Å². The van der Waals surface area contributed by atoms with Gasteiger partial charge in [0.15, 0.2) is 6.29 Å². The number of halogens is 3. The molecule has 0 bridgehead atoms. The Hall–Kier alpha value is -1.53. The lowest BCUT2D eigenvalue weighted by molar-refractivity contribution is -0.182. The topological polar surface area (TPSA) is 63.4 Å². The molecule has 2 N–H and O–H groups in total. The van der Waals surface area contributed by atoms with Crippen LogP contribution in [0.3, 0.4) is 0 Å². The zero-order chi connectivity index (χ0) is 10.6. The van der Waals surface area contributed by atoms with Crippen molar-refractivity contribution in [3.8, 4) is 0 Å². The van der Waals surface area contributed by atoms with Gasteiger partial charge in [0.1, 0.15) is 0 Å². The lowest BCUT2D eigenvalue weighted by atomic mass is 10.4. The Kier molecular flexibility index (Phi) is 3.46. The fraction of sp³-hybridized carbons (Fsp3) is 0.333. The number of aldehydes is 1. The average molecular weight is 196 g/mol. The molecule has 4 nitrogen and oxygen atoms in total. The minimum atomic E-state index is -5.01. The molecule has 0 aromatic rings. The number of allylic oxidation sites excluding steroid dienone is 1. The van der Waals surface area contributed by atoms with E-state index in [1.165, 1.54) is 0 Å². The zero-order valence-corrected chi connectivity index (χ0v) is 6.63. The summed E-state index contributed by atoms with van der Waals surface area (Å²) >= 11 is 0. The lowest BCUT2D eigenvalue weighted by Gasteiger charge is -2.17. The lowest BCUT2D eigenvalue weighted by Crippen LogP contribution is -2.38. The fourth-order valence-corrected chi connectivity index (χ4v) is 0.538. The van der Waals surface area contributed by atoms with E-state index in [-0.39, 0.29) is 11.2 Å². The molecule has 0 saturated carbocycles. The van der Waals surface area contributed by atoms with Crippen LogP contribution in [0.4, 0.5) is 13.2 Å². The van der Waals surface area contributed by atoms with Gasteiger partial charge in [0.25, 0.3) is 0 Å². The van der Waals surface area contributed by atoms with Gasteiger partial charge in [-0.25, -0.2) is 0 Å². The number of likely N-dealkylation sites (N-methyl/N-ethyl adjacent to an activating group) is 1. The smallest absolute Gasteiger partial charge is 0.403 e. The van der Waals surface area contributed by atoms with Crippen LogP contribution in [0.15, 0.2) is 11.9 Å². The highest BCUT2D eigenvalue weighted by Gasteiger charge is 2.42. The molecule has 74 valence electrons. The van der Waals surface area contributed by atoms with Crippen LogP contribution >= 0.6 is 0 Å². The van der Waals surface area contributed by atoms with Crippen molar-refractivity contribution in [2.24, 2.45) is 5.73 Å². The van der Waals surface area contributed by atoms with E-state index >= 15 is 0 Å². The second-order valence-corrected chi connectivity index (χ2v) is 2.07. The predicted molar refractivity (Wildman–Crippen MR) is 37.2 cm³/mol. The van der Waals surface area contributed by atoms with Crippen LogP contribution in [0.2, 0.25) is 0 Å². The van der Waals surface area contributed by atoms with E-state index in [4.69, 9.17) is 5.73 Å². The van der Waals surface area contributed by atoms with Crippen LogP contribution in [0.1, 0.15) is 0 Å². The number of amides is 1. The quantitative estimate of drug-likeness (QED) is 0.499. The molecule has 0 rings (SSSR count). The molecule has 0 aromatic carbocycles. The van der Waals surface area contributed by atoms with Crippen LogP contribution in [0, 0.1) is 0 Å². The zero-order valence-electron chi connectivity index (χ0n) is 6.63. The third-order valence-electron chi connectivity index (χ3n) is 1.23. The molecule has 0 unspecified atom stereocenters. The van der Waals surface area contributed by atoms with Crippen LogP contribution in [0.5, 0.6) is 0 Å². The second-order valence-electron chi connectivity index (χ2n) is 2.07. The molecule has 0 heterocycles. The summed E-state index contributed by atoms with van der Waals surface area (Å²) in [6.45, 7) is 0. The molecule has 0 fully saturated rings. The number of carbonyl (C=O) groups excluding carboxylic acids is 2. The normalized spacial score (nSPS) is 12.5. The summed E-state index contributed by atoms with van der Waals surface area (Å²) in [5, 5.41) is 0. The first-order chi connectivity index (χ1) is 5.84. The maximum Gasteiger partial charge on any atom is 0.471 e. The molecule has 0 aliphatic heterocycles. The van der Waals surface area contributed by atoms with Crippen molar-refractivity contribution in [1.82, 2.24) is 4.90 Å². The number of nitrogens with zero attached hydrogens (tertiary/aromatic N) is 1. The summed E-state index contributed by atoms with van der Waals surface area (Å²) in [4.78, 5) is 20.7.